The molecule has 0 unspecified atom stereocenters. The molecule has 7 heteroatoms. The van der Waals surface area contributed by atoms with Crippen LogP contribution in [0.4, 0.5) is 0 Å². The van der Waals surface area contributed by atoms with Gasteiger partial charge in [0.2, 0.25) is 0 Å². The molecular formula is C35H34N6Pt. The van der Waals surface area contributed by atoms with Crippen LogP contribution in [0.1, 0.15) is 63.9 Å². The van der Waals surface area contributed by atoms with Crippen molar-refractivity contribution in [2.45, 2.75) is 58.8 Å². The largest absolute Gasteiger partial charge is 2.00 e. The molecule has 0 saturated heterocycles. The normalized spacial score (nSPS) is 12.6. The van der Waals surface area contributed by atoms with E-state index in [1.165, 1.54) is 16.5 Å². The van der Waals surface area contributed by atoms with E-state index in [2.05, 4.69) is 122 Å². The summed E-state index contributed by atoms with van der Waals surface area (Å²) < 4.78 is 0. The number of hydrogen-bond donors (Lipinski definition) is 0. The summed E-state index contributed by atoms with van der Waals surface area (Å²) in [6, 6.07) is 20.6. The van der Waals surface area contributed by atoms with Gasteiger partial charge in [-0.15, -0.1) is 0 Å². The van der Waals surface area contributed by atoms with Crippen LogP contribution in [0.3, 0.4) is 0 Å². The first-order chi connectivity index (χ1) is 19.6. The van der Waals surface area contributed by atoms with Crippen molar-refractivity contribution in [3.8, 4) is 22.8 Å². The molecule has 0 fully saturated rings. The van der Waals surface area contributed by atoms with Crippen molar-refractivity contribution < 1.29 is 21.1 Å². The quantitative estimate of drug-likeness (QED) is 0.182. The Hall–Kier alpha value is -3.89. The molecule has 6 aromatic rings. The minimum atomic E-state index is -0.0729. The predicted octanol–water partition coefficient (Wildman–Crippen LogP) is 7.67. The van der Waals surface area contributed by atoms with Gasteiger partial charge in [0.25, 0.3) is 0 Å². The van der Waals surface area contributed by atoms with Crippen molar-refractivity contribution in [3.05, 3.63) is 102 Å². The fraction of sp³-hybridized carbons (Fsp3) is 0.257. The summed E-state index contributed by atoms with van der Waals surface area (Å²) in [6.07, 6.45) is 8.93. The maximum absolute atomic E-state index is 5.15. The van der Waals surface area contributed by atoms with Crippen LogP contribution in [-0.4, -0.2) is 20.2 Å². The average molecular weight is 734 g/mol. The van der Waals surface area contributed by atoms with Gasteiger partial charge in [-0.05, 0) is 51.9 Å². The average Bonchev–Trinajstić information content (AvgIpc) is 3.62. The smallest absolute Gasteiger partial charge is 0.573 e. The molecule has 42 heavy (non-hydrogen) atoms. The number of allylic oxidation sites excluding steroid dienone is 1. The molecule has 0 atom stereocenters. The summed E-state index contributed by atoms with van der Waals surface area (Å²) in [5.74, 6) is 0. The van der Waals surface area contributed by atoms with Gasteiger partial charge in [0.15, 0.2) is 0 Å². The van der Waals surface area contributed by atoms with Crippen LogP contribution in [0.25, 0.3) is 50.5 Å². The summed E-state index contributed by atoms with van der Waals surface area (Å²) in [7, 11) is 0. The summed E-state index contributed by atoms with van der Waals surface area (Å²) in [5, 5.41) is 21.2. The Bertz CT molecular complexity index is 1880. The molecule has 1 aliphatic carbocycles. The van der Waals surface area contributed by atoms with E-state index < -0.39 is 0 Å². The molecular weight excluding hydrogens is 700 g/mol. The van der Waals surface area contributed by atoms with E-state index in [0.29, 0.717) is 0 Å². The maximum Gasteiger partial charge on any atom is 2.00 e. The van der Waals surface area contributed by atoms with Crippen molar-refractivity contribution in [2.75, 3.05) is 0 Å². The first kappa shape index (κ1) is 29.6. The number of fused-ring (bicyclic) bond motifs is 1. The monoisotopic (exact) mass is 733 g/mol. The molecule has 7 rings (SSSR count). The molecule has 0 bridgehead atoms. The number of nitrogens with zero attached hydrogens (tertiary/aromatic N) is 6. The number of aromatic nitrogens is 6. The maximum atomic E-state index is 5.15. The van der Waals surface area contributed by atoms with Gasteiger partial charge in [-0.1, -0.05) is 108 Å². The molecule has 0 N–H and O–H groups in total. The fourth-order valence-electron chi connectivity index (χ4n) is 5.20. The van der Waals surface area contributed by atoms with Gasteiger partial charge in [-0.3, -0.25) is 9.97 Å². The zero-order chi connectivity index (χ0) is 28.8. The molecule has 4 heterocycles. The van der Waals surface area contributed by atoms with E-state index >= 15 is 0 Å². The van der Waals surface area contributed by atoms with Crippen LogP contribution >= 0.6 is 0 Å². The minimum Gasteiger partial charge on any atom is -0.573 e. The number of benzene rings is 2. The molecule has 4 aromatic heterocycles. The summed E-state index contributed by atoms with van der Waals surface area (Å²) in [4.78, 5) is 9.11. The molecule has 6 nitrogen and oxygen atoms in total. The third-order valence-corrected chi connectivity index (χ3v) is 7.51. The third-order valence-electron chi connectivity index (χ3n) is 7.51. The molecule has 0 amide bonds. The topological polar surface area (TPSA) is 79.8 Å². The molecule has 1 aliphatic rings. The Morgan fingerprint density at radius 2 is 1.48 bits per heavy atom. The predicted molar refractivity (Wildman–Crippen MR) is 167 cm³/mol. The van der Waals surface area contributed by atoms with Crippen LogP contribution in [-0.2, 0) is 38.3 Å². The van der Waals surface area contributed by atoms with E-state index in [-0.39, 0.29) is 31.9 Å². The molecule has 214 valence electrons. The Morgan fingerprint density at radius 3 is 2.17 bits per heavy atom. The SMILES string of the molecule is CC(C)(C)c1cc(-c2nc(-c3[n-]nc4ccccc34)c3c4c(cccc24)CC=C3)[n-]n1.CC(C)(C)c1ccncc1.[Pt+2]. The Kier molecular flexibility index (Phi) is 8.04. The number of hydrogen-bond acceptors (Lipinski definition) is 4. The zero-order valence-corrected chi connectivity index (χ0v) is 27.1. The van der Waals surface area contributed by atoms with E-state index in [0.717, 1.165) is 56.7 Å². The summed E-state index contributed by atoms with van der Waals surface area (Å²) >= 11 is 0. The Labute approximate surface area is 261 Å². The first-order valence-corrected chi connectivity index (χ1v) is 14.0. The van der Waals surface area contributed by atoms with Gasteiger partial charge in [0, 0.05) is 40.0 Å². The van der Waals surface area contributed by atoms with Crippen LogP contribution in [0.2, 0.25) is 0 Å². The van der Waals surface area contributed by atoms with Gasteiger partial charge in [0.1, 0.15) is 0 Å². The standard InChI is InChI=1S/C26H21N5.C9H13N.Pt/c1-26(2,3)21-14-20(29-30-21)23-17-11-6-8-15-9-7-12-18(22(15)17)24(27-23)25-16-10-4-5-13-19(16)28-31-25;1-9(2,3)8-4-6-10-7-5-8;/h4-8,10-14H,9H2,1-3H3;4-7H,1-3H3;/q-2;;+2. The molecule has 0 aliphatic heterocycles. The van der Waals surface area contributed by atoms with E-state index in [1.54, 1.807) is 0 Å². The van der Waals surface area contributed by atoms with Gasteiger partial charge in [-0.25, -0.2) is 0 Å². The van der Waals surface area contributed by atoms with Crippen molar-refractivity contribution >= 4 is 27.8 Å². The van der Waals surface area contributed by atoms with Gasteiger partial charge in [0.05, 0.1) is 11.4 Å². The van der Waals surface area contributed by atoms with E-state index in [4.69, 9.17) is 4.98 Å². The van der Waals surface area contributed by atoms with Gasteiger partial charge >= 0.3 is 21.1 Å². The van der Waals surface area contributed by atoms with Crippen LogP contribution in [0.15, 0.2) is 79.1 Å². The summed E-state index contributed by atoms with van der Waals surface area (Å²) in [5.41, 5.74) is 9.05. The second-order valence-corrected chi connectivity index (χ2v) is 12.6. The number of rotatable bonds is 2. The molecule has 0 radical (unpaired) electrons. The van der Waals surface area contributed by atoms with E-state index in [9.17, 15) is 0 Å². The molecule has 0 spiro atoms. The van der Waals surface area contributed by atoms with E-state index in [1.807, 2.05) is 30.6 Å². The molecule has 0 saturated carbocycles. The van der Waals surface area contributed by atoms with Crippen LogP contribution < -0.4 is 10.2 Å². The van der Waals surface area contributed by atoms with Gasteiger partial charge in [-0.2, -0.15) is 0 Å². The van der Waals surface area contributed by atoms with Gasteiger partial charge < -0.3 is 20.4 Å². The zero-order valence-electron chi connectivity index (χ0n) is 24.8. The number of pyridine rings is 2. The van der Waals surface area contributed by atoms with Crippen LogP contribution in [0.5, 0.6) is 0 Å². The second-order valence-electron chi connectivity index (χ2n) is 12.6. The van der Waals surface area contributed by atoms with Crippen molar-refractivity contribution in [3.63, 3.8) is 0 Å². The van der Waals surface area contributed by atoms with Crippen molar-refractivity contribution in [1.29, 1.82) is 0 Å². The Balaban J connectivity index is 0.000000275. The Morgan fingerprint density at radius 1 is 0.738 bits per heavy atom. The first-order valence-electron chi connectivity index (χ1n) is 14.0. The fourth-order valence-corrected chi connectivity index (χ4v) is 5.20. The van der Waals surface area contributed by atoms with Crippen LogP contribution in [0, 0.1) is 0 Å². The van der Waals surface area contributed by atoms with Crippen molar-refractivity contribution in [1.82, 2.24) is 30.4 Å². The second kappa shape index (κ2) is 11.4. The molecule has 2 aromatic carbocycles. The van der Waals surface area contributed by atoms with Crippen molar-refractivity contribution in [2.24, 2.45) is 0 Å². The summed E-state index contributed by atoms with van der Waals surface area (Å²) in [6.45, 7) is 13.0. The third kappa shape index (κ3) is 5.61. The minimum absolute atomic E-state index is 0.